The van der Waals surface area contributed by atoms with E-state index >= 15 is 0 Å². The first-order valence-electron chi connectivity index (χ1n) is 6.78. The van der Waals surface area contributed by atoms with Gasteiger partial charge in [0.15, 0.2) is 0 Å². The third-order valence-corrected chi connectivity index (χ3v) is 4.14. The van der Waals surface area contributed by atoms with Gasteiger partial charge in [-0.05, 0) is 18.6 Å². The lowest BCUT2D eigenvalue weighted by Crippen LogP contribution is -2.37. The molecule has 0 saturated heterocycles. The normalized spacial score (nSPS) is 18.1. The Morgan fingerprint density at radius 3 is 3.14 bits per heavy atom. The summed E-state index contributed by atoms with van der Waals surface area (Å²) in [7, 11) is 0. The van der Waals surface area contributed by atoms with Crippen LogP contribution in [0.5, 0.6) is 0 Å². The van der Waals surface area contributed by atoms with Crippen LogP contribution >= 0.6 is 11.8 Å². The van der Waals surface area contributed by atoms with Gasteiger partial charge in [0.1, 0.15) is 23.7 Å². The Balaban J connectivity index is 1.47. The Hall–Kier alpha value is -1.41. The molecule has 5 nitrogen and oxygen atoms in total. The number of aryl methyl sites for hydroxylation is 1. The van der Waals surface area contributed by atoms with Gasteiger partial charge in [-0.2, -0.15) is 13.9 Å². The number of nitrogens with zero attached hydrogens (tertiary/aromatic N) is 3. The molecule has 3 rings (SSSR count). The number of nitrogens with one attached hydrogen (secondary N) is 1. The van der Waals surface area contributed by atoms with Crippen molar-refractivity contribution in [2.24, 2.45) is 0 Å². The molecule has 2 aromatic rings. The van der Waals surface area contributed by atoms with Gasteiger partial charge in [0.2, 0.25) is 0 Å². The summed E-state index contributed by atoms with van der Waals surface area (Å²) < 4.78 is 31.7. The fourth-order valence-electron chi connectivity index (χ4n) is 2.39. The smallest absolute Gasteiger partial charge is 0.284 e. The fraction of sp³-hybridized carbons (Fsp3) is 0.538. The summed E-state index contributed by atoms with van der Waals surface area (Å²) in [5.74, 6) is 0.209. The van der Waals surface area contributed by atoms with E-state index in [4.69, 9.17) is 4.42 Å². The summed E-state index contributed by atoms with van der Waals surface area (Å²) in [4.78, 5) is 4.19. The van der Waals surface area contributed by atoms with E-state index in [2.05, 4.69) is 15.4 Å². The van der Waals surface area contributed by atoms with Crippen LogP contribution in [0.3, 0.4) is 0 Å². The molecule has 0 bridgehead atoms. The van der Waals surface area contributed by atoms with Crippen molar-refractivity contribution in [3.8, 4) is 0 Å². The molecule has 1 aliphatic heterocycles. The van der Waals surface area contributed by atoms with Crippen LogP contribution < -0.4 is 5.32 Å². The average molecular weight is 314 g/mol. The number of hydrogen-bond acceptors (Lipinski definition) is 5. The van der Waals surface area contributed by atoms with Crippen LogP contribution in [0.2, 0.25) is 0 Å². The van der Waals surface area contributed by atoms with Crippen molar-refractivity contribution >= 4 is 11.8 Å². The van der Waals surface area contributed by atoms with Crippen molar-refractivity contribution in [3.05, 3.63) is 35.8 Å². The molecule has 0 spiro atoms. The van der Waals surface area contributed by atoms with Crippen LogP contribution in [0.1, 0.15) is 23.8 Å². The van der Waals surface area contributed by atoms with Crippen LogP contribution in [-0.4, -0.2) is 26.6 Å². The monoisotopic (exact) mass is 314 g/mol. The molecule has 114 valence electrons. The van der Waals surface area contributed by atoms with E-state index in [0.29, 0.717) is 30.1 Å². The highest BCUT2D eigenvalue weighted by Gasteiger charge is 2.19. The van der Waals surface area contributed by atoms with E-state index in [1.165, 1.54) is 0 Å². The van der Waals surface area contributed by atoms with Crippen LogP contribution in [0.25, 0.3) is 0 Å². The largest absolute Gasteiger partial charge is 0.464 e. The second kappa shape index (κ2) is 6.57. The van der Waals surface area contributed by atoms with E-state index in [1.807, 2.05) is 10.7 Å². The van der Waals surface area contributed by atoms with E-state index in [-0.39, 0.29) is 5.75 Å². The van der Waals surface area contributed by atoms with E-state index in [9.17, 15) is 8.78 Å². The van der Waals surface area contributed by atoms with Crippen molar-refractivity contribution in [3.63, 3.8) is 0 Å². The molecule has 2 aromatic heterocycles. The lowest BCUT2D eigenvalue weighted by molar-refractivity contribution is 0.251. The topological polar surface area (TPSA) is 55.9 Å². The number of thioether (sulfide) groups is 1. The zero-order chi connectivity index (χ0) is 14.7. The van der Waals surface area contributed by atoms with Crippen molar-refractivity contribution in [2.75, 3.05) is 0 Å². The summed E-state index contributed by atoms with van der Waals surface area (Å²) in [5, 5.41) is 7.58. The van der Waals surface area contributed by atoms with Gasteiger partial charge in [0, 0.05) is 12.5 Å². The minimum atomic E-state index is -2.37. The number of aromatic nitrogens is 3. The molecular weight excluding hydrogens is 298 g/mol. The standard InChI is InChI=1S/C13H16F2N4OS/c14-13(15)21-7-11-3-2-10(20-11)5-16-9-1-4-12-17-8-18-19(12)6-9/h2-3,8-9,13,16H,1,4-7H2. The number of furan rings is 1. The van der Waals surface area contributed by atoms with Crippen molar-refractivity contribution in [2.45, 2.75) is 43.5 Å². The van der Waals surface area contributed by atoms with Crippen LogP contribution in [-0.2, 0) is 25.3 Å². The molecule has 1 aliphatic rings. The molecule has 0 aromatic carbocycles. The van der Waals surface area contributed by atoms with E-state index in [0.717, 1.165) is 31.0 Å². The van der Waals surface area contributed by atoms with Crippen molar-refractivity contribution < 1.29 is 13.2 Å². The van der Waals surface area contributed by atoms with Crippen LogP contribution in [0, 0.1) is 0 Å². The Bertz CT molecular complexity index is 586. The maximum atomic E-state index is 12.1. The maximum Gasteiger partial charge on any atom is 0.284 e. The zero-order valence-electron chi connectivity index (χ0n) is 11.3. The number of rotatable bonds is 6. The Labute approximate surface area is 125 Å². The molecular formula is C13H16F2N4OS. The maximum absolute atomic E-state index is 12.1. The summed E-state index contributed by atoms with van der Waals surface area (Å²) in [6.45, 7) is 1.39. The molecule has 0 aliphatic carbocycles. The number of alkyl halides is 2. The summed E-state index contributed by atoms with van der Waals surface area (Å²) >= 11 is 0.571. The number of fused-ring (bicyclic) bond motifs is 1. The van der Waals surface area contributed by atoms with E-state index < -0.39 is 5.76 Å². The fourth-order valence-corrected chi connectivity index (χ4v) is 2.83. The van der Waals surface area contributed by atoms with Gasteiger partial charge in [-0.25, -0.2) is 9.67 Å². The molecule has 0 saturated carbocycles. The quantitative estimate of drug-likeness (QED) is 0.887. The molecule has 0 radical (unpaired) electrons. The van der Waals surface area contributed by atoms with Gasteiger partial charge in [0.05, 0.1) is 18.8 Å². The lowest BCUT2D eigenvalue weighted by Gasteiger charge is -2.23. The zero-order valence-corrected chi connectivity index (χ0v) is 12.2. The van der Waals surface area contributed by atoms with Crippen LogP contribution in [0.4, 0.5) is 8.78 Å². The molecule has 1 unspecified atom stereocenters. The highest BCUT2D eigenvalue weighted by molar-refractivity contribution is 7.98. The lowest BCUT2D eigenvalue weighted by atomic mass is 10.1. The number of halogens is 2. The highest BCUT2D eigenvalue weighted by Crippen LogP contribution is 2.21. The Kier molecular flexibility index (Phi) is 4.54. The molecule has 0 amide bonds. The third kappa shape index (κ3) is 3.82. The Morgan fingerprint density at radius 1 is 1.43 bits per heavy atom. The SMILES string of the molecule is FC(F)SCc1ccc(CNC2CCc3ncnn3C2)o1. The minimum Gasteiger partial charge on any atom is -0.464 e. The minimum absolute atomic E-state index is 0.198. The first-order valence-corrected chi connectivity index (χ1v) is 7.83. The van der Waals surface area contributed by atoms with Gasteiger partial charge < -0.3 is 9.73 Å². The second-order valence-electron chi connectivity index (χ2n) is 4.91. The Morgan fingerprint density at radius 2 is 2.29 bits per heavy atom. The summed E-state index contributed by atoms with van der Waals surface area (Å²) in [6.07, 6.45) is 3.50. The first-order chi connectivity index (χ1) is 10.2. The predicted molar refractivity (Wildman–Crippen MR) is 75.0 cm³/mol. The molecule has 21 heavy (non-hydrogen) atoms. The molecule has 1 N–H and O–H groups in total. The summed E-state index contributed by atoms with van der Waals surface area (Å²) in [5.41, 5.74) is 0. The van der Waals surface area contributed by atoms with Gasteiger partial charge in [-0.1, -0.05) is 11.8 Å². The van der Waals surface area contributed by atoms with Gasteiger partial charge in [-0.3, -0.25) is 0 Å². The van der Waals surface area contributed by atoms with Crippen LogP contribution in [0.15, 0.2) is 22.9 Å². The van der Waals surface area contributed by atoms with Crippen molar-refractivity contribution in [1.29, 1.82) is 0 Å². The average Bonchev–Trinajstić information content (AvgIpc) is 3.11. The molecule has 3 heterocycles. The number of hydrogen-bond donors (Lipinski definition) is 1. The second-order valence-corrected chi connectivity index (χ2v) is 5.89. The van der Waals surface area contributed by atoms with Gasteiger partial charge in [-0.15, -0.1) is 0 Å². The third-order valence-electron chi connectivity index (χ3n) is 3.44. The molecule has 1 atom stereocenters. The van der Waals surface area contributed by atoms with Crippen molar-refractivity contribution in [1.82, 2.24) is 20.1 Å². The predicted octanol–water partition coefficient (Wildman–Crippen LogP) is 2.43. The van der Waals surface area contributed by atoms with Gasteiger partial charge in [0.25, 0.3) is 5.76 Å². The van der Waals surface area contributed by atoms with E-state index in [1.54, 1.807) is 12.4 Å². The molecule has 0 fully saturated rings. The highest BCUT2D eigenvalue weighted by atomic mass is 32.2. The summed E-state index contributed by atoms with van der Waals surface area (Å²) in [6, 6.07) is 3.91. The molecule has 8 heteroatoms. The first kappa shape index (κ1) is 14.5. The van der Waals surface area contributed by atoms with Gasteiger partial charge >= 0.3 is 0 Å².